The van der Waals surface area contributed by atoms with Gasteiger partial charge >= 0.3 is 37.1 Å². The normalized spacial score (nSPS) is 5.92. The van der Waals surface area contributed by atoms with Crippen LogP contribution in [0.4, 0.5) is 12.9 Å². The molecule has 0 atom stereocenters. The zero-order chi connectivity index (χ0) is 10.4. The van der Waals surface area contributed by atoms with Crippen LogP contribution >= 0.6 is 0 Å². The van der Waals surface area contributed by atoms with E-state index in [9.17, 15) is 12.9 Å². The van der Waals surface area contributed by atoms with E-state index >= 15 is 0 Å². The molecule has 0 amide bonds. The summed E-state index contributed by atoms with van der Waals surface area (Å²) in [6.07, 6.45) is 0. The Labute approximate surface area is 101 Å². The molecule has 0 rings (SSSR count). The van der Waals surface area contributed by atoms with Crippen LogP contribution in [0.25, 0.3) is 0 Å². The van der Waals surface area contributed by atoms with E-state index in [1.165, 1.54) is 0 Å². The Kier molecular flexibility index (Phi) is 52.8. The first-order chi connectivity index (χ1) is 5.56. The molecule has 0 radical (unpaired) electrons. The Balaban J connectivity index is -0.0000000465. The molecule has 0 saturated heterocycles. The molecule has 72 valence electrons. The van der Waals surface area contributed by atoms with Crippen LogP contribution in [-0.4, -0.2) is 28.6 Å². The summed E-state index contributed by atoms with van der Waals surface area (Å²) in [7, 11) is -3.60. The number of nitriles is 1. The van der Waals surface area contributed by atoms with Crippen molar-refractivity contribution < 1.29 is 47.2 Å². The van der Waals surface area contributed by atoms with Crippen molar-refractivity contribution in [1.82, 2.24) is 0 Å². The quantitative estimate of drug-likeness (QED) is 0.477. The molecule has 0 aliphatic rings. The third-order valence-electron chi connectivity index (χ3n) is 0.408. The average Bonchev–Trinajstić information content (AvgIpc) is 1.89. The molecule has 8 heteroatoms. The molecule has 0 aromatic heterocycles. The van der Waals surface area contributed by atoms with Crippen LogP contribution in [0.2, 0.25) is 0 Å². The SMILES string of the molecule is CCOCC.FB(F)F.[BH3-]C#N.[Na+]. The van der Waals surface area contributed by atoms with Crippen LogP contribution in [0.15, 0.2) is 0 Å². The molecular weight excluding hydrogens is 192 g/mol. The van der Waals surface area contributed by atoms with Gasteiger partial charge in [0.25, 0.3) is 0 Å². The summed E-state index contributed by atoms with van der Waals surface area (Å²) in [6.45, 7) is 5.67. The van der Waals surface area contributed by atoms with E-state index in [0.29, 0.717) is 0 Å². The van der Waals surface area contributed by atoms with E-state index in [0.717, 1.165) is 13.2 Å². The third kappa shape index (κ3) is 237. The molecular formula is C5H13B2F3NNaO. The largest absolute Gasteiger partial charge is 1.00 e. The standard InChI is InChI=1S/C4H10O.CH3BN.BF3.Na/c1-3-5-4-2;2-1-3;2-1(3)4;/h3-4H2,1-2H3;2H3;;/q;-1;;+1. The molecule has 0 N–H and O–H groups in total. The van der Waals surface area contributed by atoms with E-state index in [-0.39, 0.29) is 37.4 Å². The zero-order valence-corrected chi connectivity index (χ0v) is 9.48. The van der Waals surface area contributed by atoms with Crippen LogP contribution in [0.3, 0.4) is 0 Å². The number of rotatable bonds is 2. The smallest absolute Gasteiger partial charge is 0.382 e. The maximum Gasteiger partial charge on any atom is 1.00 e. The third-order valence-corrected chi connectivity index (χ3v) is 0.408. The summed E-state index contributed by atoms with van der Waals surface area (Å²) < 4.78 is 33.8. The minimum Gasteiger partial charge on any atom is -0.382 e. The molecule has 0 spiro atoms. The second-order valence-corrected chi connectivity index (χ2v) is 1.03. The Hall–Kier alpha value is 0.370. The molecule has 13 heavy (non-hydrogen) atoms. The molecule has 0 bridgehead atoms. The summed E-state index contributed by atoms with van der Waals surface area (Å²) in [5.74, 6) is 2.00. The first-order valence-electron chi connectivity index (χ1n) is 2.87. The number of hydrogen-bond acceptors (Lipinski definition) is 2. The summed E-state index contributed by atoms with van der Waals surface area (Å²) in [4.78, 5) is 0. The van der Waals surface area contributed by atoms with Gasteiger partial charge in [0.1, 0.15) is 0 Å². The minimum absolute atomic E-state index is 0. The molecule has 0 unspecified atom stereocenters. The van der Waals surface area contributed by atoms with Crippen molar-refractivity contribution in [3.05, 3.63) is 0 Å². The van der Waals surface area contributed by atoms with Crippen molar-refractivity contribution in [1.29, 1.82) is 5.26 Å². The van der Waals surface area contributed by atoms with E-state index in [1.807, 2.05) is 19.8 Å². The topological polar surface area (TPSA) is 33.0 Å². The summed E-state index contributed by atoms with van der Waals surface area (Å²) in [6, 6.07) is 0. The number of nitrogens with zero attached hydrogens (tertiary/aromatic N) is 1. The predicted molar refractivity (Wildman–Crippen MR) is 46.8 cm³/mol. The van der Waals surface area contributed by atoms with Crippen molar-refractivity contribution in [3.8, 4) is 5.97 Å². The maximum absolute atomic E-state index is 9.67. The first kappa shape index (κ1) is 23.3. The van der Waals surface area contributed by atoms with Gasteiger partial charge in [0.05, 0.1) is 7.85 Å². The molecule has 0 fully saturated rings. The zero-order valence-electron chi connectivity index (χ0n) is 7.48. The van der Waals surface area contributed by atoms with Crippen LogP contribution in [0.1, 0.15) is 13.8 Å². The van der Waals surface area contributed by atoms with Gasteiger partial charge in [0.2, 0.25) is 0 Å². The van der Waals surface area contributed by atoms with Crippen molar-refractivity contribution in [2.45, 2.75) is 13.8 Å². The van der Waals surface area contributed by atoms with Gasteiger partial charge < -0.3 is 4.74 Å². The fourth-order valence-electron chi connectivity index (χ4n) is 0.204. The van der Waals surface area contributed by atoms with Gasteiger partial charge in [0, 0.05) is 13.2 Å². The van der Waals surface area contributed by atoms with Crippen molar-refractivity contribution in [2.24, 2.45) is 0 Å². The van der Waals surface area contributed by atoms with Crippen molar-refractivity contribution >= 4 is 15.4 Å². The molecule has 0 heterocycles. The van der Waals surface area contributed by atoms with Crippen LogP contribution in [0.5, 0.6) is 0 Å². The van der Waals surface area contributed by atoms with Gasteiger partial charge in [0.15, 0.2) is 0 Å². The van der Waals surface area contributed by atoms with Gasteiger partial charge in [-0.2, -0.15) is 5.97 Å². The minimum atomic E-state index is -3.67. The van der Waals surface area contributed by atoms with Gasteiger partial charge in [-0.25, -0.2) is 0 Å². The molecule has 0 aliphatic heterocycles. The second kappa shape index (κ2) is 29.4. The van der Waals surface area contributed by atoms with Gasteiger partial charge in [-0.05, 0) is 13.8 Å². The molecule has 0 saturated carbocycles. The number of hydrogen-bond donors (Lipinski definition) is 0. The van der Waals surface area contributed by atoms with Gasteiger partial charge in [-0.1, -0.05) is 0 Å². The maximum atomic E-state index is 9.67. The van der Waals surface area contributed by atoms with Crippen molar-refractivity contribution in [2.75, 3.05) is 13.2 Å². The fourth-order valence-corrected chi connectivity index (χ4v) is 0.204. The molecule has 2 nitrogen and oxygen atoms in total. The van der Waals surface area contributed by atoms with E-state index in [4.69, 9.17) is 10.00 Å². The van der Waals surface area contributed by atoms with Gasteiger partial charge in [-0.3, -0.25) is 18.2 Å². The Bertz CT molecular complexity index is 99.5. The summed E-state index contributed by atoms with van der Waals surface area (Å²) in [5, 5.41) is 7.43. The average molecular weight is 205 g/mol. The van der Waals surface area contributed by atoms with E-state index in [2.05, 4.69) is 0 Å². The molecule has 0 aliphatic carbocycles. The predicted octanol–water partition coefficient (Wildman–Crippen LogP) is -2.24. The van der Waals surface area contributed by atoms with E-state index < -0.39 is 7.54 Å². The van der Waals surface area contributed by atoms with Crippen LogP contribution in [-0.2, 0) is 4.74 Å². The summed E-state index contributed by atoms with van der Waals surface area (Å²) >= 11 is 0. The molecule has 0 aromatic rings. The second-order valence-electron chi connectivity index (χ2n) is 1.03. The van der Waals surface area contributed by atoms with Gasteiger partial charge in [-0.15, -0.1) is 0 Å². The summed E-state index contributed by atoms with van der Waals surface area (Å²) in [5.41, 5.74) is 0. The van der Waals surface area contributed by atoms with Crippen molar-refractivity contribution in [3.63, 3.8) is 0 Å². The molecule has 0 aromatic carbocycles. The van der Waals surface area contributed by atoms with Crippen LogP contribution < -0.4 is 29.6 Å². The Morgan fingerprint density at radius 3 is 1.46 bits per heavy atom. The number of halogens is 3. The monoisotopic (exact) mass is 205 g/mol. The van der Waals surface area contributed by atoms with Crippen LogP contribution in [0, 0.1) is 11.2 Å². The first-order valence-corrected chi connectivity index (χ1v) is 2.87. The number of ether oxygens (including phenoxy) is 1. The van der Waals surface area contributed by atoms with E-state index in [1.54, 1.807) is 0 Å². The Morgan fingerprint density at radius 2 is 1.46 bits per heavy atom. The Morgan fingerprint density at radius 1 is 1.31 bits per heavy atom. The fraction of sp³-hybridized carbons (Fsp3) is 0.800.